The summed E-state index contributed by atoms with van der Waals surface area (Å²) in [5.74, 6) is 0.100. The minimum atomic E-state index is -0.0459. The largest absolute Gasteiger partial charge is 0.339 e. The van der Waals surface area contributed by atoms with Crippen molar-refractivity contribution in [3.05, 3.63) is 58.3 Å². The molecule has 0 radical (unpaired) electrons. The fraction of sp³-hybridized carbons (Fsp3) is 0.364. The summed E-state index contributed by atoms with van der Waals surface area (Å²) >= 11 is 12.3. The molecule has 0 spiro atoms. The van der Waals surface area contributed by atoms with Crippen LogP contribution in [-0.2, 0) is 11.2 Å². The lowest BCUT2D eigenvalue weighted by Crippen LogP contribution is -2.59. The van der Waals surface area contributed by atoms with Crippen LogP contribution in [-0.4, -0.2) is 57.3 Å². The molecule has 3 aromatic rings. The van der Waals surface area contributed by atoms with Gasteiger partial charge in [0.1, 0.15) is 5.65 Å². The Morgan fingerprint density at radius 2 is 1.76 bits per heavy atom. The molecule has 2 aromatic heterocycles. The Balaban J connectivity index is 1.72. The molecule has 0 N–H and O–H groups in total. The van der Waals surface area contributed by atoms with Crippen molar-refractivity contribution in [3.63, 3.8) is 0 Å². The van der Waals surface area contributed by atoms with E-state index in [0.29, 0.717) is 16.6 Å². The van der Waals surface area contributed by atoms with E-state index in [1.54, 1.807) is 0 Å². The Bertz CT molecular complexity index is 1060. The number of piperazine rings is 1. The van der Waals surface area contributed by atoms with E-state index in [0.717, 1.165) is 35.7 Å². The molecule has 1 fully saturated rings. The number of halogens is 2. The van der Waals surface area contributed by atoms with E-state index >= 15 is 0 Å². The smallest absolute Gasteiger partial charge is 0.228 e. The summed E-state index contributed by atoms with van der Waals surface area (Å²) < 4.78 is 1.92. The average molecular weight is 431 g/mol. The van der Waals surface area contributed by atoms with E-state index in [-0.39, 0.29) is 17.9 Å². The molecule has 0 saturated carbocycles. The van der Waals surface area contributed by atoms with Gasteiger partial charge in [0.25, 0.3) is 0 Å². The molecular formula is C22H24Cl2N4O. The highest BCUT2D eigenvalue weighted by molar-refractivity contribution is 6.30. The SMILES string of the molecule is CN1CCN(C(=O)Cc2c(-c3ccc(Cl)cc3)nc3ccc(Cl)cn23)CC1(C)C. The summed E-state index contributed by atoms with van der Waals surface area (Å²) in [6.07, 6.45) is 2.08. The maximum Gasteiger partial charge on any atom is 0.228 e. The van der Waals surface area contributed by atoms with E-state index in [4.69, 9.17) is 28.2 Å². The molecule has 29 heavy (non-hydrogen) atoms. The normalized spacial score (nSPS) is 17.1. The van der Waals surface area contributed by atoms with E-state index in [9.17, 15) is 4.79 Å². The average Bonchev–Trinajstić information content (AvgIpc) is 3.02. The van der Waals surface area contributed by atoms with Crippen LogP contribution in [0.5, 0.6) is 0 Å². The monoisotopic (exact) mass is 430 g/mol. The summed E-state index contributed by atoms with van der Waals surface area (Å²) in [5.41, 5.74) is 3.27. The minimum Gasteiger partial charge on any atom is -0.339 e. The summed E-state index contributed by atoms with van der Waals surface area (Å²) in [7, 11) is 2.10. The van der Waals surface area contributed by atoms with Crippen molar-refractivity contribution in [2.24, 2.45) is 0 Å². The first kappa shape index (κ1) is 20.2. The summed E-state index contributed by atoms with van der Waals surface area (Å²) in [5, 5.41) is 1.27. The first-order chi connectivity index (χ1) is 13.7. The van der Waals surface area contributed by atoms with Crippen LogP contribution in [0.25, 0.3) is 16.9 Å². The zero-order valence-electron chi connectivity index (χ0n) is 16.8. The summed E-state index contributed by atoms with van der Waals surface area (Å²) in [6, 6.07) is 11.2. The molecule has 3 heterocycles. The standard InChI is InChI=1S/C22H24Cl2N4O/c1-22(2)14-27(11-10-26(22)3)20(29)12-18-21(15-4-6-16(23)7-5-15)25-19-9-8-17(24)13-28(18)19/h4-9,13H,10-12,14H2,1-3H3. The first-order valence-corrected chi connectivity index (χ1v) is 10.4. The highest BCUT2D eigenvalue weighted by Crippen LogP contribution is 2.28. The zero-order chi connectivity index (χ0) is 20.8. The minimum absolute atomic E-state index is 0.0459. The number of imidazole rings is 1. The number of carbonyl (C=O) groups is 1. The van der Waals surface area contributed by atoms with Crippen molar-refractivity contribution < 1.29 is 4.79 Å². The molecule has 0 aliphatic carbocycles. The van der Waals surface area contributed by atoms with Gasteiger partial charge in [-0.1, -0.05) is 35.3 Å². The number of hydrogen-bond donors (Lipinski definition) is 0. The number of hydrogen-bond acceptors (Lipinski definition) is 3. The number of amides is 1. The van der Waals surface area contributed by atoms with E-state index in [2.05, 4.69) is 25.8 Å². The Labute approximate surface area is 180 Å². The molecule has 1 aliphatic heterocycles. The molecule has 7 heteroatoms. The second-order valence-electron chi connectivity index (χ2n) is 8.22. The summed E-state index contributed by atoms with van der Waals surface area (Å²) in [6.45, 7) is 6.63. The van der Waals surface area contributed by atoms with E-state index in [1.165, 1.54) is 0 Å². The number of pyridine rings is 1. The topological polar surface area (TPSA) is 40.8 Å². The van der Waals surface area contributed by atoms with Gasteiger partial charge in [-0.15, -0.1) is 0 Å². The lowest BCUT2D eigenvalue weighted by molar-refractivity contribution is -0.135. The van der Waals surface area contributed by atoms with Gasteiger partial charge in [0, 0.05) is 42.0 Å². The number of rotatable bonds is 3. The fourth-order valence-electron chi connectivity index (χ4n) is 3.78. The van der Waals surface area contributed by atoms with E-state index < -0.39 is 0 Å². The molecule has 1 aromatic carbocycles. The molecule has 1 saturated heterocycles. The van der Waals surface area contributed by atoms with Gasteiger partial charge in [0.05, 0.1) is 22.8 Å². The van der Waals surface area contributed by atoms with Crippen LogP contribution in [0.15, 0.2) is 42.6 Å². The number of nitrogens with zero attached hydrogens (tertiary/aromatic N) is 4. The van der Waals surface area contributed by atoms with Gasteiger partial charge in [-0.3, -0.25) is 9.69 Å². The van der Waals surface area contributed by atoms with Crippen LogP contribution >= 0.6 is 23.2 Å². The Kier molecular flexibility index (Phi) is 5.32. The van der Waals surface area contributed by atoms with Crippen LogP contribution in [0.2, 0.25) is 10.0 Å². The van der Waals surface area contributed by atoms with Crippen molar-refractivity contribution in [3.8, 4) is 11.3 Å². The number of carbonyl (C=O) groups excluding carboxylic acids is 1. The van der Waals surface area contributed by atoms with Gasteiger partial charge in [0.2, 0.25) is 5.91 Å². The fourth-order valence-corrected chi connectivity index (χ4v) is 4.07. The van der Waals surface area contributed by atoms with Crippen LogP contribution in [0.4, 0.5) is 0 Å². The number of aromatic nitrogens is 2. The van der Waals surface area contributed by atoms with Gasteiger partial charge in [-0.25, -0.2) is 4.98 Å². The van der Waals surface area contributed by atoms with Crippen molar-refractivity contribution in [2.75, 3.05) is 26.7 Å². The van der Waals surface area contributed by atoms with Crippen molar-refractivity contribution in [1.82, 2.24) is 19.2 Å². The van der Waals surface area contributed by atoms with Gasteiger partial charge >= 0.3 is 0 Å². The zero-order valence-corrected chi connectivity index (χ0v) is 18.3. The Morgan fingerprint density at radius 3 is 2.45 bits per heavy atom. The third kappa shape index (κ3) is 4.00. The van der Waals surface area contributed by atoms with Gasteiger partial charge in [-0.2, -0.15) is 0 Å². The van der Waals surface area contributed by atoms with Crippen LogP contribution < -0.4 is 0 Å². The molecule has 4 rings (SSSR count). The van der Waals surface area contributed by atoms with Crippen LogP contribution in [0.1, 0.15) is 19.5 Å². The lowest BCUT2D eigenvalue weighted by Gasteiger charge is -2.45. The first-order valence-electron chi connectivity index (χ1n) is 9.66. The van der Waals surface area contributed by atoms with Crippen LogP contribution in [0, 0.1) is 0 Å². The van der Waals surface area contributed by atoms with Crippen LogP contribution in [0.3, 0.4) is 0 Å². The second kappa shape index (κ2) is 7.63. The maximum atomic E-state index is 13.2. The summed E-state index contributed by atoms with van der Waals surface area (Å²) in [4.78, 5) is 22.3. The predicted molar refractivity (Wildman–Crippen MR) is 118 cm³/mol. The van der Waals surface area contributed by atoms with E-state index in [1.807, 2.05) is 51.9 Å². The molecule has 5 nitrogen and oxygen atoms in total. The second-order valence-corrected chi connectivity index (χ2v) is 9.09. The molecule has 1 amide bonds. The molecule has 1 aliphatic rings. The molecule has 0 bridgehead atoms. The lowest BCUT2D eigenvalue weighted by atomic mass is 9.99. The van der Waals surface area contributed by atoms with Crippen molar-refractivity contribution in [1.29, 1.82) is 0 Å². The molecule has 0 atom stereocenters. The third-order valence-corrected chi connectivity index (χ3v) is 6.26. The van der Waals surface area contributed by atoms with Gasteiger partial charge in [-0.05, 0) is 45.2 Å². The maximum absolute atomic E-state index is 13.2. The predicted octanol–water partition coefficient (Wildman–Crippen LogP) is 4.40. The quantitative estimate of drug-likeness (QED) is 0.617. The Hall–Kier alpha value is -2.08. The van der Waals surface area contributed by atoms with Crippen molar-refractivity contribution >= 4 is 34.8 Å². The number of fused-ring (bicyclic) bond motifs is 1. The third-order valence-electron chi connectivity index (χ3n) is 5.79. The molecule has 0 unspecified atom stereocenters. The highest BCUT2D eigenvalue weighted by Gasteiger charge is 2.33. The molecule has 152 valence electrons. The van der Waals surface area contributed by atoms with Crippen molar-refractivity contribution in [2.45, 2.75) is 25.8 Å². The number of likely N-dealkylation sites (N-methyl/N-ethyl adjacent to an activating group) is 1. The molecular weight excluding hydrogens is 407 g/mol. The number of benzene rings is 1. The highest BCUT2D eigenvalue weighted by atomic mass is 35.5. The van der Waals surface area contributed by atoms with Gasteiger partial charge in [0.15, 0.2) is 0 Å². The Morgan fingerprint density at radius 1 is 1.07 bits per heavy atom. The van der Waals surface area contributed by atoms with Gasteiger partial charge < -0.3 is 9.30 Å².